The molecule has 2 aromatic heterocycles. The van der Waals surface area contributed by atoms with Crippen molar-refractivity contribution in [2.24, 2.45) is 0 Å². The SMILES string of the molecule is CNS(=O)(=O)c1ccc(OCC(F)(F)F)c(Nc2cc(Nc3ccccn3)ncn2)c1.O=C(O)C(F)(F)F. The zero-order valence-electron chi connectivity index (χ0n) is 19.0. The molecule has 0 atom stereocenters. The quantitative estimate of drug-likeness (QED) is 0.295. The normalized spacial score (nSPS) is 11.7. The van der Waals surface area contributed by atoms with Crippen molar-refractivity contribution in [2.45, 2.75) is 17.2 Å². The number of nitrogens with one attached hydrogen (secondary N) is 3. The van der Waals surface area contributed by atoms with Crippen molar-refractivity contribution < 1.29 is 49.4 Å². The van der Waals surface area contributed by atoms with Crippen LogP contribution in [0.4, 0.5) is 49.5 Å². The number of nitrogens with zero attached hydrogens (tertiary/aromatic N) is 3. The van der Waals surface area contributed by atoms with E-state index in [0.717, 1.165) is 18.2 Å². The predicted octanol–water partition coefficient (Wildman–Crippen LogP) is 3.84. The Labute approximate surface area is 211 Å². The average Bonchev–Trinajstić information content (AvgIpc) is 2.83. The molecule has 0 saturated heterocycles. The number of carboxylic acids is 1. The summed E-state index contributed by atoms with van der Waals surface area (Å²) in [5, 5.41) is 12.8. The number of rotatable bonds is 8. The predicted molar refractivity (Wildman–Crippen MR) is 121 cm³/mol. The van der Waals surface area contributed by atoms with Crippen molar-refractivity contribution in [3.8, 4) is 5.75 Å². The molecular formula is C20H18F6N6O5S. The Hall–Kier alpha value is -4.19. The molecule has 206 valence electrons. The highest BCUT2D eigenvalue weighted by molar-refractivity contribution is 7.89. The summed E-state index contributed by atoms with van der Waals surface area (Å²) in [4.78, 5) is 20.9. The molecule has 0 amide bonds. The Morgan fingerprint density at radius 3 is 2.11 bits per heavy atom. The molecule has 38 heavy (non-hydrogen) atoms. The fourth-order valence-corrected chi connectivity index (χ4v) is 3.13. The monoisotopic (exact) mass is 568 g/mol. The maximum Gasteiger partial charge on any atom is 0.490 e. The number of halogens is 6. The Balaban J connectivity index is 0.000000638. The number of carboxylic acid groups (broad SMARTS) is 1. The first-order valence-electron chi connectivity index (χ1n) is 9.95. The van der Waals surface area contributed by atoms with E-state index in [9.17, 15) is 34.8 Å². The third-order valence-corrected chi connectivity index (χ3v) is 5.43. The topological polar surface area (TPSA) is 155 Å². The second-order valence-electron chi connectivity index (χ2n) is 6.83. The van der Waals surface area contributed by atoms with Gasteiger partial charge in [0.25, 0.3) is 0 Å². The van der Waals surface area contributed by atoms with Gasteiger partial charge in [-0.25, -0.2) is 32.9 Å². The fourth-order valence-electron chi connectivity index (χ4n) is 2.38. The molecule has 11 nitrogen and oxygen atoms in total. The number of alkyl halides is 6. The number of aromatic nitrogens is 3. The molecule has 4 N–H and O–H groups in total. The van der Waals surface area contributed by atoms with Gasteiger partial charge in [-0.15, -0.1) is 0 Å². The standard InChI is InChI=1S/C18H17F3N6O3S.C2HF3O2/c1-22-31(28,29)12-5-6-14(30-10-18(19,20)21)13(8-12)26-16-9-17(25-11-24-16)27-15-4-2-3-7-23-15;3-2(4,5)1(6)7/h2-9,11,22H,10H2,1H3,(H2,23,24,25,26,27);(H,6,7). The molecule has 2 heterocycles. The Morgan fingerprint density at radius 2 is 1.58 bits per heavy atom. The lowest BCUT2D eigenvalue weighted by Crippen LogP contribution is -2.21. The Kier molecular flexibility index (Phi) is 9.78. The van der Waals surface area contributed by atoms with Gasteiger partial charge in [0.2, 0.25) is 10.0 Å². The third kappa shape index (κ3) is 9.69. The molecule has 0 spiro atoms. The molecule has 0 aliphatic rings. The van der Waals surface area contributed by atoms with Gasteiger partial charge in [-0.05, 0) is 37.4 Å². The highest BCUT2D eigenvalue weighted by Gasteiger charge is 2.38. The van der Waals surface area contributed by atoms with Crippen LogP contribution in [0.3, 0.4) is 0 Å². The second-order valence-corrected chi connectivity index (χ2v) is 8.71. The molecular weight excluding hydrogens is 550 g/mol. The van der Waals surface area contributed by atoms with Crippen molar-refractivity contribution in [1.29, 1.82) is 0 Å². The van der Waals surface area contributed by atoms with Crippen LogP contribution in [-0.4, -0.2) is 60.5 Å². The van der Waals surface area contributed by atoms with Crippen molar-refractivity contribution in [3.05, 3.63) is 55.0 Å². The summed E-state index contributed by atoms with van der Waals surface area (Å²) >= 11 is 0. The first-order chi connectivity index (χ1) is 17.6. The molecule has 0 bridgehead atoms. The van der Waals surface area contributed by atoms with Gasteiger partial charge in [0.15, 0.2) is 6.61 Å². The summed E-state index contributed by atoms with van der Waals surface area (Å²) in [6.07, 6.45) is -6.85. The summed E-state index contributed by atoms with van der Waals surface area (Å²) < 4.78 is 101. The number of benzene rings is 1. The molecule has 0 aliphatic carbocycles. The number of sulfonamides is 1. The first-order valence-corrected chi connectivity index (χ1v) is 11.4. The number of carbonyl (C=O) groups is 1. The van der Waals surface area contributed by atoms with E-state index in [-0.39, 0.29) is 22.2 Å². The maximum absolute atomic E-state index is 12.6. The van der Waals surface area contributed by atoms with Gasteiger partial charge >= 0.3 is 18.3 Å². The summed E-state index contributed by atoms with van der Waals surface area (Å²) in [6.45, 7) is -1.55. The smallest absolute Gasteiger partial charge is 0.482 e. The van der Waals surface area contributed by atoms with Gasteiger partial charge in [0.05, 0.1) is 10.6 Å². The van der Waals surface area contributed by atoms with Crippen LogP contribution in [0, 0.1) is 0 Å². The van der Waals surface area contributed by atoms with Crippen molar-refractivity contribution in [2.75, 3.05) is 24.3 Å². The van der Waals surface area contributed by atoms with E-state index in [1.54, 1.807) is 24.4 Å². The summed E-state index contributed by atoms with van der Waals surface area (Å²) in [6, 6.07) is 10.1. The van der Waals surface area contributed by atoms with Crippen molar-refractivity contribution >= 4 is 39.1 Å². The van der Waals surface area contributed by atoms with Gasteiger partial charge in [-0.1, -0.05) is 6.07 Å². The average molecular weight is 568 g/mol. The summed E-state index contributed by atoms with van der Waals surface area (Å²) in [7, 11) is -2.62. The number of ether oxygens (including phenoxy) is 1. The van der Waals surface area contributed by atoms with Crippen LogP contribution in [0.5, 0.6) is 5.75 Å². The zero-order chi connectivity index (χ0) is 28.6. The van der Waals surface area contributed by atoms with E-state index < -0.39 is 35.0 Å². The van der Waals surface area contributed by atoms with Crippen LogP contribution >= 0.6 is 0 Å². The van der Waals surface area contributed by atoms with Crippen LogP contribution in [0.25, 0.3) is 0 Å². The molecule has 1 aromatic carbocycles. The number of pyridine rings is 1. The van der Waals surface area contributed by atoms with E-state index in [1.165, 1.54) is 19.4 Å². The van der Waals surface area contributed by atoms with E-state index in [4.69, 9.17) is 14.6 Å². The van der Waals surface area contributed by atoms with Crippen molar-refractivity contribution in [1.82, 2.24) is 19.7 Å². The number of hydrogen-bond donors (Lipinski definition) is 4. The highest BCUT2D eigenvalue weighted by Crippen LogP contribution is 2.32. The van der Waals surface area contributed by atoms with Gasteiger partial charge in [-0.3, -0.25) is 0 Å². The number of anilines is 4. The molecule has 0 unspecified atom stereocenters. The molecule has 0 aliphatic heterocycles. The minimum Gasteiger partial charge on any atom is -0.482 e. The number of aliphatic carboxylic acids is 1. The zero-order valence-corrected chi connectivity index (χ0v) is 19.8. The van der Waals surface area contributed by atoms with E-state index in [1.807, 2.05) is 0 Å². The lowest BCUT2D eigenvalue weighted by Gasteiger charge is -2.16. The van der Waals surface area contributed by atoms with Crippen LogP contribution in [0.1, 0.15) is 0 Å². The van der Waals surface area contributed by atoms with Crippen LogP contribution in [-0.2, 0) is 14.8 Å². The third-order valence-electron chi connectivity index (χ3n) is 4.01. The van der Waals surface area contributed by atoms with E-state index >= 15 is 0 Å². The minimum atomic E-state index is -5.08. The fraction of sp³-hybridized carbons (Fsp3) is 0.200. The van der Waals surface area contributed by atoms with Crippen LogP contribution < -0.4 is 20.1 Å². The number of hydrogen-bond acceptors (Lipinski definition) is 9. The highest BCUT2D eigenvalue weighted by atomic mass is 32.2. The van der Waals surface area contributed by atoms with E-state index in [0.29, 0.717) is 11.6 Å². The summed E-state index contributed by atoms with van der Waals surface area (Å²) in [5.41, 5.74) is -0.0249. The largest absolute Gasteiger partial charge is 0.490 e. The van der Waals surface area contributed by atoms with Crippen LogP contribution in [0.2, 0.25) is 0 Å². The van der Waals surface area contributed by atoms with Crippen molar-refractivity contribution in [3.63, 3.8) is 0 Å². The first kappa shape index (κ1) is 30.0. The van der Waals surface area contributed by atoms with Gasteiger partial charge in [0, 0.05) is 12.3 Å². The molecule has 18 heteroatoms. The van der Waals surface area contributed by atoms with Gasteiger partial charge in [-0.2, -0.15) is 26.3 Å². The van der Waals surface area contributed by atoms with Gasteiger partial charge in [0.1, 0.15) is 29.5 Å². The molecule has 0 saturated carbocycles. The van der Waals surface area contributed by atoms with Gasteiger partial charge < -0.3 is 20.5 Å². The molecule has 3 rings (SSSR count). The Morgan fingerprint density at radius 1 is 0.947 bits per heavy atom. The lowest BCUT2D eigenvalue weighted by atomic mass is 10.3. The minimum absolute atomic E-state index is 0.0249. The Bertz CT molecular complexity index is 1340. The molecule has 3 aromatic rings. The summed E-state index contributed by atoms with van der Waals surface area (Å²) in [5.74, 6) is -1.90. The maximum atomic E-state index is 12.6. The molecule has 0 fully saturated rings. The van der Waals surface area contributed by atoms with E-state index in [2.05, 4.69) is 30.3 Å². The lowest BCUT2D eigenvalue weighted by molar-refractivity contribution is -0.192. The second kappa shape index (κ2) is 12.4. The molecule has 0 radical (unpaired) electrons. The van der Waals surface area contributed by atoms with Crippen LogP contribution in [0.15, 0.2) is 59.9 Å².